The van der Waals surface area contributed by atoms with Gasteiger partial charge < -0.3 is 15.0 Å². The molecule has 0 aliphatic carbocycles. The molecule has 0 saturated carbocycles. The van der Waals surface area contributed by atoms with Crippen molar-refractivity contribution in [2.75, 3.05) is 33.3 Å². The molecule has 7 heteroatoms. The van der Waals surface area contributed by atoms with Crippen LogP contribution in [0.3, 0.4) is 0 Å². The quantitative estimate of drug-likeness (QED) is 0.466. The zero-order valence-electron chi connectivity index (χ0n) is 20.3. The maximum Gasteiger partial charge on any atom is 0.127 e. The number of benzene rings is 2. The second-order valence-electron chi connectivity index (χ2n) is 10.4. The van der Waals surface area contributed by atoms with E-state index in [-0.39, 0.29) is 23.9 Å². The number of hydrogen-bond acceptors (Lipinski definition) is 4. The Hall–Kier alpha value is -3.00. The third kappa shape index (κ3) is 3.78. The number of nitrogens with one attached hydrogen (secondary N) is 1. The van der Waals surface area contributed by atoms with Gasteiger partial charge >= 0.3 is 0 Å². The van der Waals surface area contributed by atoms with E-state index in [4.69, 9.17) is 0 Å². The van der Waals surface area contributed by atoms with Gasteiger partial charge in [0.05, 0.1) is 18.8 Å². The SMILES string of the molecule is CN1CCC2(CC1)CN(Cc1ccccc1F)C(CO)c1[nH]c3cc(-c4cnn(C)c4)ccc3c12. The molecule has 4 aromatic rings. The smallest absolute Gasteiger partial charge is 0.127 e. The van der Waals surface area contributed by atoms with Gasteiger partial charge in [-0.15, -0.1) is 0 Å². The topological polar surface area (TPSA) is 60.3 Å². The van der Waals surface area contributed by atoms with Crippen molar-refractivity contribution in [3.8, 4) is 11.1 Å². The molecule has 1 atom stereocenters. The van der Waals surface area contributed by atoms with Crippen molar-refractivity contribution < 1.29 is 9.50 Å². The zero-order chi connectivity index (χ0) is 24.2. The van der Waals surface area contributed by atoms with Gasteiger partial charge in [0.1, 0.15) is 5.82 Å². The van der Waals surface area contributed by atoms with Crippen LogP contribution in [0.1, 0.15) is 35.7 Å². The summed E-state index contributed by atoms with van der Waals surface area (Å²) in [7, 11) is 4.11. The van der Waals surface area contributed by atoms with Gasteiger partial charge in [0.2, 0.25) is 0 Å². The van der Waals surface area contributed by atoms with Crippen LogP contribution in [0.2, 0.25) is 0 Å². The van der Waals surface area contributed by atoms with Crippen molar-refractivity contribution in [2.45, 2.75) is 30.8 Å². The lowest BCUT2D eigenvalue weighted by Crippen LogP contribution is -2.53. The minimum atomic E-state index is -0.205. The monoisotopic (exact) mass is 473 g/mol. The van der Waals surface area contributed by atoms with Crippen LogP contribution in [0.15, 0.2) is 54.9 Å². The van der Waals surface area contributed by atoms with Crippen molar-refractivity contribution in [2.24, 2.45) is 7.05 Å². The van der Waals surface area contributed by atoms with E-state index in [2.05, 4.69) is 45.1 Å². The first-order valence-corrected chi connectivity index (χ1v) is 12.4. The number of aromatic nitrogens is 3. The van der Waals surface area contributed by atoms with Crippen LogP contribution >= 0.6 is 0 Å². The van der Waals surface area contributed by atoms with Gasteiger partial charge in [-0.1, -0.05) is 30.3 Å². The Morgan fingerprint density at radius 2 is 1.91 bits per heavy atom. The van der Waals surface area contributed by atoms with E-state index in [1.54, 1.807) is 6.07 Å². The number of aryl methyl sites for hydroxylation is 1. The van der Waals surface area contributed by atoms with Gasteiger partial charge in [-0.2, -0.15) is 5.10 Å². The first-order chi connectivity index (χ1) is 17.0. The first-order valence-electron chi connectivity index (χ1n) is 12.4. The summed E-state index contributed by atoms with van der Waals surface area (Å²) in [6.07, 6.45) is 5.99. The lowest BCUT2D eigenvalue weighted by molar-refractivity contribution is 0.0468. The largest absolute Gasteiger partial charge is 0.394 e. The van der Waals surface area contributed by atoms with E-state index >= 15 is 0 Å². The van der Waals surface area contributed by atoms with Crippen LogP contribution in [0.5, 0.6) is 0 Å². The number of aliphatic hydroxyl groups excluding tert-OH is 1. The summed E-state index contributed by atoms with van der Waals surface area (Å²) in [5.41, 5.74) is 6.35. The predicted molar refractivity (Wildman–Crippen MR) is 136 cm³/mol. The fourth-order valence-corrected chi connectivity index (χ4v) is 6.22. The van der Waals surface area contributed by atoms with Crippen molar-refractivity contribution >= 4 is 10.9 Å². The van der Waals surface area contributed by atoms with Crippen molar-refractivity contribution in [3.63, 3.8) is 0 Å². The highest BCUT2D eigenvalue weighted by Crippen LogP contribution is 2.49. The molecule has 1 unspecified atom stereocenters. The summed E-state index contributed by atoms with van der Waals surface area (Å²) in [5, 5.41) is 16.1. The molecule has 35 heavy (non-hydrogen) atoms. The Morgan fingerprint density at radius 1 is 1.11 bits per heavy atom. The molecule has 0 amide bonds. The molecule has 2 aromatic heterocycles. The fourth-order valence-electron chi connectivity index (χ4n) is 6.22. The van der Waals surface area contributed by atoms with Crippen LogP contribution in [-0.2, 0) is 19.0 Å². The fraction of sp³-hybridized carbons (Fsp3) is 0.393. The van der Waals surface area contributed by atoms with E-state index in [0.29, 0.717) is 12.1 Å². The third-order valence-electron chi connectivity index (χ3n) is 8.12. The van der Waals surface area contributed by atoms with Crippen molar-refractivity contribution in [1.82, 2.24) is 24.6 Å². The first kappa shape index (κ1) is 22.5. The summed E-state index contributed by atoms with van der Waals surface area (Å²) >= 11 is 0. The molecule has 1 saturated heterocycles. The zero-order valence-corrected chi connectivity index (χ0v) is 20.3. The maximum atomic E-state index is 14.6. The highest BCUT2D eigenvalue weighted by molar-refractivity contribution is 5.90. The second kappa shape index (κ2) is 8.59. The van der Waals surface area contributed by atoms with Crippen molar-refractivity contribution in [3.05, 3.63) is 77.5 Å². The molecule has 2 N–H and O–H groups in total. The lowest BCUT2D eigenvalue weighted by Gasteiger charge is -2.50. The van der Waals surface area contributed by atoms with E-state index in [0.717, 1.165) is 54.8 Å². The van der Waals surface area contributed by atoms with Crippen LogP contribution in [0.25, 0.3) is 22.0 Å². The minimum absolute atomic E-state index is 0.0142. The van der Waals surface area contributed by atoms with Gasteiger partial charge in [-0.25, -0.2) is 4.39 Å². The van der Waals surface area contributed by atoms with E-state index in [9.17, 15) is 9.50 Å². The Morgan fingerprint density at radius 3 is 2.63 bits per heavy atom. The van der Waals surface area contributed by atoms with Gasteiger partial charge in [0.15, 0.2) is 0 Å². The number of piperidine rings is 1. The summed E-state index contributed by atoms with van der Waals surface area (Å²) in [4.78, 5) is 8.38. The molecule has 4 heterocycles. The van der Waals surface area contributed by atoms with Gasteiger partial charge in [0.25, 0.3) is 0 Å². The predicted octanol–water partition coefficient (Wildman–Crippen LogP) is 4.22. The van der Waals surface area contributed by atoms with Crippen LogP contribution < -0.4 is 0 Å². The molecule has 2 aliphatic rings. The molecular weight excluding hydrogens is 441 g/mol. The minimum Gasteiger partial charge on any atom is -0.394 e. The second-order valence-corrected chi connectivity index (χ2v) is 10.4. The number of halogens is 1. The molecular formula is C28H32FN5O. The Labute approximate surface area is 205 Å². The van der Waals surface area contributed by atoms with Crippen LogP contribution in [0.4, 0.5) is 4.39 Å². The number of H-pyrrole nitrogens is 1. The number of hydrogen-bond donors (Lipinski definition) is 2. The highest BCUT2D eigenvalue weighted by Gasteiger charge is 2.47. The highest BCUT2D eigenvalue weighted by atomic mass is 19.1. The number of aromatic amines is 1. The molecule has 6 nitrogen and oxygen atoms in total. The molecule has 0 bridgehead atoms. The summed E-state index contributed by atoms with van der Waals surface area (Å²) < 4.78 is 16.4. The summed E-state index contributed by atoms with van der Waals surface area (Å²) in [5.74, 6) is -0.190. The molecule has 6 rings (SSSR count). The normalized spacial score (nSPS) is 20.5. The molecule has 2 aromatic carbocycles. The van der Waals surface area contributed by atoms with Crippen LogP contribution in [0, 0.1) is 5.82 Å². The lowest BCUT2D eigenvalue weighted by atomic mass is 9.68. The van der Waals surface area contributed by atoms with Gasteiger partial charge in [-0.3, -0.25) is 9.58 Å². The van der Waals surface area contributed by atoms with E-state index in [1.165, 1.54) is 17.0 Å². The van der Waals surface area contributed by atoms with Gasteiger partial charge in [0, 0.05) is 59.5 Å². The molecule has 182 valence electrons. The van der Waals surface area contributed by atoms with Crippen LogP contribution in [-0.4, -0.2) is 63.0 Å². The summed E-state index contributed by atoms with van der Waals surface area (Å²) in [6.45, 7) is 3.32. The number of aliphatic hydroxyl groups is 1. The van der Waals surface area contributed by atoms with E-state index < -0.39 is 0 Å². The third-order valence-corrected chi connectivity index (χ3v) is 8.12. The molecule has 0 radical (unpaired) electrons. The molecule has 1 spiro atoms. The van der Waals surface area contributed by atoms with Gasteiger partial charge in [-0.05, 0) is 56.2 Å². The Balaban J connectivity index is 1.48. The number of nitrogens with zero attached hydrogens (tertiary/aromatic N) is 4. The standard InChI is InChI=1S/C28H32FN5O/c1-32-11-9-28(10-12-32)18-34(16-20-5-3-4-6-23(20)29)25(17-35)27-26(28)22-8-7-19(13-24(22)31-27)21-14-30-33(2)15-21/h3-8,13-15,25,31,35H,9-12,16-18H2,1-2H3. The number of likely N-dealkylation sites (tertiary alicyclic amines) is 1. The maximum absolute atomic E-state index is 14.6. The molecule has 2 aliphatic heterocycles. The Bertz CT molecular complexity index is 1370. The molecule has 1 fully saturated rings. The van der Waals surface area contributed by atoms with Crippen molar-refractivity contribution in [1.29, 1.82) is 0 Å². The summed E-state index contributed by atoms with van der Waals surface area (Å²) in [6, 6.07) is 13.4. The number of rotatable bonds is 4. The average Bonchev–Trinajstić information content (AvgIpc) is 3.46. The Kier molecular flexibility index (Phi) is 5.51. The average molecular weight is 474 g/mol. The van der Waals surface area contributed by atoms with E-state index in [1.807, 2.05) is 36.3 Å². The number of fused-ring (bicyclic) bond motifs is 4.